The molecule has 0 aromatic rings. The van der Waals surface area contributed by atoms with E-state index in [1.54, 1.807) is 0 Å². The molecule has 0 aromatic carbocycles. The first-order valence-corrected chi connectivity index (χ1v) is 32.5. The number of esters is 3. The molecule has 1 atom stereocenters. The second kappa shape index (κ2) is 65.3. The molecule has 78 heavy (non-hydrogen) atoms. The average molecular weight is 1080 g/mol. The molecule has 0 amide bonds. The zero-order chi connectivity index (χ0) is 56.4. The maximum Gasteiger partial charge on any atom is 0.306 e. The molecule has 0 rings (SSSR count). The molecule has 0 radical (unpaired) electrons. The molecule has 1 unspecified atom stereocenters. The van der Waals surface area contributed by atoms with Gasteiger partial charge in [0.05, 0.1) is 0 Å². The Morgan fingerprint density at radius 3 is 0.846 bits per heavy atom. The maximum absolute atomic E-state index is 12.9. The van der Waals surface area contributed by atoms with Crippen LogP contribution in [-0.4, -0.2) is 37.2 Å². The van der Waals surface area contributed by atoms with E-state index >= 15 is 0 Å². The van der Waals surface area contributed by atoms with Crippen molar-refractivity contribution < 1.29 is 28.6 Å². The van der Waals surface area contributed by atoms with Crippen molar-refractivity contribution in [2.45, 2.75) is 303 Å². The summed E-state index contributed by atoms with van der Waals surface area (Å²) in [5.74, 6) is -0.972. The molecule has 6 nitrogen and oxygen atoms in total. The predicted molar refractivity (Wildman–Crippen MR) is 339 cm³/mol. The second-order valence-corrected chi connectivity index (χ2v) is 21.3. The van der Waals surface area contributed by atoms with Gasteiger partial charge in [-0.05, 0) is 128 Å². The summed E-state index contributed by atoms with van der Waals surface area (Å²) < 4.78 is 16.9. The minimum atomic E-state index is -0.812. The number of hydrogen-bond acceptors (Lipinski definition) is 6. The Morgan fingerprint density at radius 2 is 0.513 bits per heavy atom. The second-order valence-electron chi connectivity index (χ2n) is 21.3. The van der Waals surface area contributed by atoms with Crippen LogP contribution < -0.4 is 0 Å². The highest BCUT2D eigenvalue weighted by molar-refractivity contribution is 5.71. The highest BCUT2D eigenvalue weighted by Crippen LogP contribution is 2.15. The summed E-state index contributed by atoms with van der Waals surface area (Å²) >= 11 is 0. The van der Waals surface area contributed by atoms with Crippen LogP contribution in [-0.2, 0) is 28.6 Å². The fourth-order valence-corrected chi connectivity index (χ4v) is 8.81. The summed E-state index contributed by atoms with van der Waals surface area (Å²) in [7, 11) is 0. The quantitative estimate of drug-likeness (QED) is 0.0261. The zero-order valence-corrected chi connectivity index (χ0v) is 50.9. The largest absolute Gasteiger partial charge is 0.462 e. The van der Waals surface area contributed by atoms with E-state index < -0.39 is 6.10 Å². The van der Waals surface area contributed by atoms with Crippen LogP contribution in [0.25, 0.3) is 0 Å². The molecule has 0 bridgehead atoms. The lowest BCUT2D eigenvalue weighted by Crippen LogP contribution is -2.30. The van der Waals surface area contributed by atoms with Crippen LogP contribution in [0.15, 0.2) is 122 Å². The smallest absolute Gasteiger partial charge is 0.306 e. The SMILES string of the molecule is CC/C=C\C/C=C\C/C=C\C/C=C\C/C=C\C/C=C\C/C=C\CCCC(=O)OCC(COC(=O)CCCCCCC/C=C\CCCCCCCCC)OC(=O)CCCCCCCCCCC/C=C\C/C=C\CCCCCCC. The Kier molecular flexibility index (Phi) is 61.8. The number of ether oxygens (including phenoxy) is 3. The normalized spacial score (nSPS) is 12.9. The Balaban J connectivity index is 4.50. The molecule has 0 heterocycles. The van der Waals surface area contributed by atoms with Gasteiger partial charge < -0.3 is 14.2 Å². The van der Waals surface area contributed by atoms with Gasteiger partial charge in [-0.15, -0.1) is 0 Å². The molecule has 0 saturated carbocycles. The lowest BCUT2D eigenvalue weighted by molar-refractivity contribution is -0.167. The molecule has 0 N–H and O–H groups in total. The fraction of sp³-hybridized carbons (Fsp3) is 0.681. The fourth-order valence-electron chi connectivity index (χ4n) is 8.81. The van der Waals surface area contributed by atoms with Gasteiger partial charge in [-0.1, -0.05) is 271 Å². The van der Waals surface area contributed by atoms with E-state index in [0.717, 1.165) is 109 Å². The molecule has 0 aliphatic rings. The van der Waals surface area contributed by atoms with E-state index in [1.807, 2.05) is 0 Å². The number of carbonyl (C=O) groups excluding carboxylic acids is 3. The molecule has 0 aliphatic heterocycles. The van der Waals surface area contributed by atoms with Crippen molar-refractivity contribution >= 4 is 17.9 Å². The molecule has 6 heteroatoms. The summed E-state index contributed by atoms with van der Waals surface area (Å²) in [6, 6.07) is 0. The van der Waals surface area contributed by atoms with Crippen molar-refractivity contribution in [2.24, 2.45) is 0 Å². The molecule has 0 saturated heterocycles. The summed E-state index contributed by atoms with van der Waals surface area (Å²) in [5, 5.41) is 0. The van der Waals surface area contributed by atoms with E-state index in [-0.39, 0.29) is 37.5 Å². The molecule has 0 fully saturated rings. The van der Waals surface area contributed by atoms with Gasteiger partial charge >= 0.3 is 17.9 Å². The molecular weight excluding hydrogens is 961 g/mol. The van der Waals surface area contributed by atoms with Crippen LogP contribution in [0, 0.1) is 0 Å². The Hall–Kier alpha value is -4.19. The first-order valence-electron chi connectivity index (χ1n) is 32.5. The van der Waals surface area contributed by atoms with Crippen LogP contribution in [0.3, 0.4) is 0 Å². The van der Waals surface area contributed by atoms with Gasteiger partial charge in [0, 0.05) is 19.3 Å². The Labute approximate surface area is 482 Å². The summed E-state index contributed by atoms with van der Waals surface area (Å²) in [6.45, 7) is 6.47. The van der Waals surface area contributed by atoms with E-state index in [0.29, 0.717) is 19.3 Å². The molecular formula is C72H120O6. The predicted octanol–water partition coefficient (Wildman–Crippen LogP) is 22.4. The number of unbranched alkanes of at least 4 members (excludes halogenated alkanes) is 27. The van der Waals surface area contributed by atoms with Crippen molar-refractivity contribution in [1.29, 1.82) is 0 Å². The Morgan fingerprint density at radius 1 is 0.269 bits per heavy atom. The van der Waals surface area contributed by atoms with Crippen molar-refractivity contribution in [3.05, 3.63) is 122 Å². The summed E-state index contributed by atoms with van der Waals surface area (Å²) in [5.41, 5.74) is 0. The van der Waals surface area contributed by atoms with Crippen LogP contribution in [0.1, 0.15) is 297 Å². The average Bonchev–Trinajstić information content (AvgIpc) is 3.44. The minimum Gasteiger partial charge on any atom is -0.462 e. The van der Waals surface area contributed by atoms with Gasteiger partial charge in [0.25, 0.3) is 0 Å². The number of allylic oxidation sites excluding steroid dienone is 20. The standard InChI is InChI=1S/C72H120O6/c1-4-7-10-13-16-19-22-25-28-31-33-35-36-38-39-41-44-47-50-53-56-59-62-65-71(74)77-68-69(67-76-70(73)64-61-58-55-52-49-46-43-30-27-24-21-18-15-12-9-6-3)78-72(75)66-63-60-57-54-51-48-45-42-40-37-34-32-29-26-23-20-17-14-11-8-5-2/h7,10,16,19,23,25-26,28,30,32-35,38-39,43-44,47,53,56,69H,4-6,8-9,11-15,17-18,20-22,24,27,29,31,36-37,40-42,45-46,48-52,54-55,57-68H2,1-3H3/b10-7-,19-16-,26-23-,28-25-,34-32-,35-33-,39-38-,43-30-,47-44-,56-53-. The highest BCUT2D eigenvalue weighted by atomic mass is 16.6. The van der Waals surface area contributed by atoms with Crippen molar-refractivity contribution in [2.75, 3.05) is 13.2 Å². The first-order chi connectivity index (χ1) is 38.5. The van der Waals surface area contributed by atoms with Crippen LogP contribution in [0.5, 0.6) is 0 Å². The summed E-state index contributed by atoms with van der Waals surface area (Å²) in [4.78, 5) is 38.3. The third kappa shape index (κ3) is 62.7. The minimum absolute atomic E-state index is 0.104. The zero-order valence-electron chi connectivity index (χ0n) is 50.9. The lowest BCUT2D eigenvalue weighted by atomic mass is 10.1. The van der Waals surface area contributed by atoms with Gasteiger partial charge in [0.2, 0.25) is 0 Å². The van der Waals surface area contributed by atoms with Gasteiger partial charge in [-0.3, -0.25) is 14.4 Å². The van der Waals surface area contributed by atoms with Crippen LogP contribution >= 0.6 is 0 Å². The Bertz CT molecular complexity index is 1620. The number of hydrogen-bond donors (Lipinski definition) is 0. The summed E-state index contributed by atoms with van der Waals surface area (Å²) in [6.07, 6.45) is 90.6. The van der Waals surface area contributed by atoms with Gasteiger partial charge in [0.15, 0.2) is 6.10 Å². The number of carbonyl (C=O) groups is 3. The highest BCUT2D eigenvalue weighted by Gasteiger charge is 2.19. The van der Waals surface area contributed by atoms with E-state index in [4.69, 9.17) is 14.2 Å². The van der Waals surface area contributed by atoms with Gasteiger partial charge in [0.1, 0.15) is 13.2 Å². The maximum atomic E-state index is 12.9. The molecule has 444 valence electrons. The van der Waals surface area contributed by atoms with Crippen molar-refractivity contribution in [3.8, 4) is 0 Å². The van der Waals surface area contributed by atoms with Gasteiger partial charge in [-0.2, -0.15) is 0 Å². The molecule has 0 spiro atoms. The topological polar surface area (TPSA) is 78.9 Å². The van der Waals surface area contributed by atoms with E-state index in [1.165, 1.54) is 141 Å². The van der Waals surface area contributed by atoms with Crippen LogP contribution in [0.2, 0.25) is 0 Å². The van der Waals surface area contributed by atoms with E-state index in [9.17, 15) is 14.4 Å². The first kappa shape index (κ1) is 73.8. The van der Waals surface area contributed by atoms with E-state index in [2.05, 4.69) is 142 Å². The van der Waals surface area contributed by atoms with Crippen molar-refractivity contribution in [3.63, 3.8) is 0 Å². The third-order valence-corrected chi connectivity index (χ3v) is 13.7. The lowest BCUT2D eigenvalue weighted by Gasteiger charge is -2.18. The van der Waals surface area contributed by atoms with Gasteiger partial charge in [-0.25, -0.2) is 0 Å². The van der Waals surface area contributed by atoms with Crippen molar-refractivity contribution in [1.82, 2.24) is 0 Å². The monoisotopic (exact) mass is 1080 g/mol. The molecule has 0 aromatic heterocycles. The van der Waals surface area contributed by atoms with Crippen LogP contribution in [0.4, 0.5) is 0 Å². The molecule has 0 aliphatic carbocycles. The number of rotatable bonds is 58. The third-order valence-electron chi connectivity index (χ3n) is 13.7.